The number of carbonyl (C=O) groups is 2. The first-order chi connectivity index (χ1) is 14.5. The van der Waals surface area contributed by atoms with Crippen molar-refractivity contribution in [3.63, 3.8) is 0 Å². The lowest BCUT2D eigenvalue weighted by molar-refractivity contribution is -0.131. The van der Waals surface area contributed by atoms with Crippen LogP contribution < -0.4 is 15.4 Å². The molecule has 2 N–H and O–H groups in total. The number of amides is 2. The van der Waals surface area contributed by atoms with Gasteiger partial charge in [-0.3, -0.25) is 14.3 Å². The average Bonchev–Trinajstić information content (AvgIpc) is 3.40. The first kappa shape index (κ1) is 19.6. The maximum absolute atomic E-state index is 13.0. The predicted molar refractivity (Wildman–Crippen MR) is 109 cm³/mol. The van der Waals surface area contributed by atoms with E-state index < -0.39 is 17.1 Å². The quantitative estimate of drug-likeness (QED) is 0.559. The second-order valence-corrected chi connectivity index (χ2v) is 7.14. The summed E-state index contributed by atoms with van der Waals surface area (Å²) in [6.45, 7) is 1.04. The molecule has 1 aliphatic carbocycles. The second-order valence-electron chi connectivity index (χ2n) is 7.14. The molecule has 1 aromatic heterocycles. The van der Waals surface area contributed by atoms with Crippen LogP contribution in [0, 0.1) is 11.2 Å². The van der Waals surface area contributed by atoms with Gasteiger partial charge in [0.2, 0.25) is 11.8 Å². The zero-order chi connectivity index (χ0) is 21.0. The van der Waals surface area contributed by atoms with Crippen LogP contribution in [0.4, 0.5) is 15.8 Å². The molecule has 1 heterocycles. The van der Waals surface area contributed by atoms with Gasteiger partial charge in [0.15, 0.2) is 0 Å². The minimum Gasteiger partial charge on any atom is -0.492 e. The maximum atomic E-state index is 13.0. The number of ether oxygens (including phenoxy) is 1. The molecule has 1 fully saturated rings. The minimum atomic E-state index is -1.11. The van der Waals surface area contributed by atoms with Crippen LogP contribution in [-0.4, -0.2) is 28.2 Å². The fourth-order valence-corrected chi connectivity index (χ4v) is 3.07. The molecular formula is C22H21FN4O3. The average molecular weight is 408 g/mol. The van der Waals surface area contributed by atoms with Crippen LogP contribution in [0.25, 0.3) is 0 Å². The molecule has 0 unspecified atom stereocenters. The number of hydrogen-bond acceptors (Lipinski definition) is 4. The predicted octanol–water partition coefficient (Wildman–Crippen LogP) is 3.46. The summed E-state index contributed by atoms with van der Waals surface area (Å²) in [7, 11) is 0. The number of rotatable bonds is 8. The van der Waals surface area contributed by atoms with E-state index in [0.717, 1.165) is 0 Å². The van der Waals surface area contributed by atoms with Crippen LogP contribution in [0.3, 0.4) is 0 Å². The summed E-state index contributed by atoms with van der Waals surface area (Å²) in [4.78, 5) is 25.4. The van der Waals surface area contributed by atoms with E-state index in [0.29, 0.717) is 43.1 Å². The van der Waals surface area contributed by atoms with Crippen molar-refractivity contribution in [1.82, 2.24) is 9.78 Å². The van der Waals surface area contributed by atoms with E-state index in [1.54, 1.807) is 35.1 Å². The Morgan fingerprint density at radius 2 is 1.77 bits per heavy atom. The molecule has 30 heavy (non-hydrogen) atoms. The number of carbonyl (C=O) groups excluding carboxylic acids is 2. The summed E-state index contributed by atoms with van der Waals surface area (Å²) in [5.74, 6) is -0.534. The summed E-state index contributed by atoms with van der Waals surface area (Å²) >= 11 is 0. The lowest BCUT2D eigenvalue weighted by Gasteiger charge is -2.16. The molecule has 3 aromatic rings. The number of nitrogens with one attached hydrogen (secondary N) is 2. The normalized spacial score (nSPS) is 14.0. The van der Waals surface area contributed by atoms with Gasteiger partial charge in [-0.2, -0.15) is 5.10 Å². The van der Waals surface area contributed by atoms with E-state index >= 15 is 0 Å². The molecule has 0 spiro atoms. The summed E-state index contributed by atoms with van der Waals surface area (Å²) in [6, 6.07) is 14.3. The van der Waals surface area contributed by atoms with Crippen molar-refractivity contribution < 1.29 is 18.7 Å². The molecule has 0 atom stereocenters. The largest absolute Gasteiger partial charge is 0.492 e. The smallest absolute Gasteiger partial charge is 0.240 e. The van der Waals surface area contributed by atoms with Crippen molar-refractivity contribution in [3.8, 4) is 5.75 Å². The summed E-state index contributed by atoms with van der Waals surface area (Å²) in [6.07, 6.45) is 4.49. The van der Waals surface area contributed by atoms with Crippen LogP contribution >= 0.6 is 0 Å². The van der Waals surface area contributed by atoms with Crippen LogP contribution in [0.2, 0.25) is 0 Å². The first-order valence-electron chi connectivity index (χ1n) is 9.64. The van der Waals surface area contributed by atoms with Gasteiger partial charge in [-0.1, -0.05) is 6.07 Å². The topological polar surface area (TPSA) is 85.3 Å². The highest BCUT2D eigenvalue weighted by Crippen LogP contribution is 2.47. The van der Waals surface area contributed by atoms with E-state index in [1.807, 2.05) is 12.3 Å². The molecule has 0 aliphatic heterocycles. The Kier molecular flexibility index (Phi) is 5.47. The van der Waals surface area contributed by atoms with Gasteiger partial charge in [-0.15, -0.1) is 0 Å². The molecule has 0 bridgehead atoms. The molecule has 0 saturated heterocycles. The second kappa shape index (κ2) is 8.36. The van der Waals surface area contributed by atoms with Gasteiger partial charge in [-0.25, -0.2) is 4.39 Å². The van der Waals surface area contributed by atoms with Gasteiger partial charge in [-0.05, 0) is 55.3 Å². The van der Waals surface area contributed by atoms with Crippen molar-refractivity contribution in [3.05, 3.63) is 72.8 Å². The third kappa shape index (κ3) is 4.48. The summed E-state index contributed by atoms with van der Waals surface area (Å²) in [5, 5.41) is 9.61. The van der Waals surface area contributed by atoms with Gasteiger partial charge in [0.1, 0.15) is 23.6 Å². The van der Waals surface area contributed by atoms with Crippen LogP contribution in [0.15, 0.2) is 67.0 Å². The van der Waals surface area contributed by atoms with Gasteiger partial charge < -0.3 is 15.4 Å². The molecule has 0 radical (unpaired) electrons. The minimum absolute atomic E-state index is 0.365. The molecule has 4 rings (SSSR count). The van der Waals surface area contributed by atoms with Crippen LogP contribution in [-0.2, 0) is 16.1 Å². The lowest BCUT2D eigenvalue weighted by atomic mass is 10.0. The number of nitrogens with zero attached hydrogens (tertiary/aromatic N) is 2. The summed E-state index contributed by atoms with van der Waals surface area (Å²) in [5.41, 5.74) is -0.101. The molecule has 2 aromatic carbocycles. The Morgan fingerprint density at radius 3 is 2.43 bits per heavy atom. The Morgan fingerprint density at radius 1 is 1.03 bits per heavy atom. The number of benzene rings is 2. The van der Waals surface area contributed by atoms with Crippen LogP contribution in [0.1, 0.15) is 12.8 Å². The highest BCUT2D eigenvalue weighted by atomic mass is 19.1. The lowest BCUT2D eigenvalue weighted by Crippen LogP contribution is -2.35. The van der Waals surface area contributed by atoms with Crippen molar-refractivity contribution in [2.24, 2.45) is 5.41 Å². The molecule has 7 nitrogen and oxygen atoms in total. The number of aromatic nitrogens is 2. The Balaban J connectivity index is 1.34. The zero-order valence-corrected chi connectivity index (χ0v) is 16.2. The SMILES string of the molecule is O=C(Nc1ccc(F)cc1)C1(C(=O)Nc2cccc(OCCn3cccn3)c2)CC1. The fourth-order valence-electron chi connectivity index (χ4n) is 3.07. The van der Waals surface area contributed by atoms with Crippen molar-refractivity contribution in [2.75, 3.05) is 17.2 Å². The monoisotopic (exact) mass is 408 g/mol. The van der Waals surface area contributed by atoms with Gasteiger partial charge >= 0.3 is 0 Å². The Hall–Kier alpha value is -3.68. The Labute approximate surface area is 172 Å². The van der Waals surface area contributed by atoms with Crippen molar-refractivity contribution in [1.29, 1.82) is 0 Å². The van der Waals surface area contributed by atoms with E-state index in [9.17, 15) is 14.0 Å². The molecule has 2 amide bonds. The highest BCUT2D eigenvalue weighted by Gasteiger charge is 2.56. The molecule has 1 saturated carbocycles. The molecule has 8 heteroatoms. The van der Waals surface area contributed by atoms with E-state index in [2.05, 4.69) is 15.7 Å². The fraction of sp³-hybridized carbons (Fsp3) is 0.227. The van der Waals surface area contributed by atoms with E-state index in [-0.39, 0.29) is 5.91 Å². The zero-order valence-electron chi connectivity index (χ0n) is 16.2. The summed E-state index contributed by atoms with van der Waals surface area (Å²) < 4.78 is 20.5. The van der Waals surface area contributed by atoms with Gasteiger partial charge in [0.25, 0.3) is 0 Å². The van der Waals surface area contributed by atoms with Gasteiger partial charge in [0.05, 0.1) is 6.54 Å². The van der Waals surface area contributed by atoms with Gasteiger partial charge in [0, 0.05) is 29.8 Å². The third-order valence-electron chi connectivity index (χ3n) is 4.96. The molecule has 154 valence electrons. The molecular weight excluding hydrogens is 387 g/mol. The van der Waals surface area contributed by atoms with Crippen molar-refractivity contribution in [2.45, 2.75) is 19.4 Å². The van der Waals surface area contributed by atoms with Crippen molar-refractivity contribution >= 4 is 23.2 Å². The standard InChI is InChI=1S/C22H21FN4O3/c23-16-5-7-17(8-6-16)25-20(28)22(9-10-22)21(29)26-18-3-1-4-19(15-18)30-14-13-27-12-2-11-24-27/h1-8,11-12,15H,9-10,13-14H2,(H,25,28)(H,26,29). The van der Waals surface area contributed by atoms with E-state index in [1.165, 1.54) is 24.3 Å². The maximum Gasteiger partial charge on any atom is 0.240 e. The van der Waals surface area contributed by atoms with Crippen LogP contribution in [0.5, 0.6) is 5.75 Å². The highest BCUT2D eigenvalue weighted by molar-refractivity contribution is 6.16. The molecule has 1 aliphatic rings. The van der Waals surface area contributed by atoms with E-state index in [4.69, 9.17) is 4.74 Å². The number of hydrogen-bond donors (Lipinski definition) is 2. The number of anilines is 2. The number of halogens is 1. The third-order valence-corrected chi connectivity index (χ3v) is 4.96. The Bertz CT molecular complexity index is 1030. The first-order valence-corrected chi connectivity index (χ1v) is 9.64.